The van der Waals surface area contributed by atoms with Crippen LogP contribution in [-0.4, -0.2) is 20.9 Å². The van der Waals surface area contributed by atoms with Crippen LogP contribution in [0, 0.1) is 5.41 Å². The van der Waals surface area contributed by atoms with Gasteiger partial charge in [0, 0.05) is 24.2 Å². The summed E-state index contributed by atoms with van der Waals surface area (Å²) in [6.07, 6.45) is 4.70. The van der Waals surface area contributed by atoms with Gasteiger partial charge in [0.15, 0.2) is 5.78 Å². The average molecular weight is 293 g/mol. The van der Waals surface area contributed by atoms with Crippen molar-refractivity contribution in [2.24, 2.45) is 18.2 Å². The maximum atomic E-state index is 12.3. The molecule has 0 aliphatic rings. The molecule has 0 aliphatic heterocycles. The van der Waals surface area contributed by atoms with Gasteiger partial charge in [-0.2, -0.15) is 0 Å². The zero-order valence-corrected chi connectivity index (χ0v) is 13.2. The minimum absolute atomic E-state index is 0.116. The van der Waals surface area contributed by atoms with E-state index in [1.165, 1.54) is 30.0 Å². The van der Waals surface area contributed by atoms with Crippen molar-refractivity contribution in [2.75, 3.05) is 0 Å². The highest BCUT2D eigenvalue weighted by Crippen LogP contribution is 2.28. The first-order chi connectivity index (χ1) is 9.42. The molecule has 0 saturated heterocycles. The van der Waals surface area contributed by atoms with Gasteiger partial charge < -0.3 is 10.3 Å². The smallest absolute Gasteiger partial charge is 0.326 e. The van der Waals surface area contributed by atoms with Gasteiger partial charge in [0.25, 0.3) is 5.56 Å². The van der Waals surface area contributed by atoms with Gasteiger partial charge in [0.1, 0.15) is 0 Å². The minimum Gasteiger partial charge on any atom is -0.326 e. The number of aromatic amines is 1. The van der Waals surface area contributed by atoms with Crippen molar-refractivity contribution >= 4 is 11.9 Å². The Morgan fingerprint density at radius 1 is 1.33 bits per heavy atom. The van der Waals surface area contributed by atoms with E-state index in [0.717, 1.165) is 0 Å². The van der Waals surface area contributed by atoms with Crippen molar-refractivity contribution in [1.29, 1.82) is 0 Å². The lowest BCUT2D eigenvalue weighted by Crippen LogP contribution is -2.40. The lowest BCUT2D eigenvalue weighted by Gasteiger charge is -2.30. The Bertz CT molecular complexity index is 673. The van der Waals surface area contributed by atoms with Gasteiger partial charge in [-0.15, -0.1) is 0 Å². The molecular formula is C15H23N3O3. The lowest BCUT2D eigenvalue weighted by molar-refractivity contribution is -0.123. The van der Waals surface area contributed by atoms with Gasteiger partial charge >= 0.3 is 5.69 Å². The van der Waals surface area contributed by atoms with Crippen molar-refractivity contribution in [2.45, 2.75) is 39.7 Å². The number of hydrogen-bond acceptors (Lipinski definition) is 4. The molecule has 0 radical (unpaired) electrons. The van der Waals surface area contributed by atoms with Crippen LogP contribution >= 0.6 is 0 Å². The fourth-order valence-electron chi connectivity index (χ4n) is 2.32. The molecule has 0 bridgehead atoms. The summed E-state index contributed by atoms with van der Waals surface area (Å²) in [5.74, 6) is -0.116. The van der Waals surface area contributed by atoms with Gasteiger partial charge in [-0.05, 0) is 32.4 Å². The highest BCUT2D eigenvalue weighted by atomic mass is 16.2. The number of carbonyl (C=O) groups is 1. The van der Waals surface area contributed by atoms with E-state index in [-0.39, 0.29) is 11.3 Å². The van der Waals surface area contributed by atoms with Crippen molar-refractivity contribution < 1.29 is 4.79 Å². The number of nitrogens with two attached hydrogens (primary N) is 1. The maximum Gasteiger partial charge on any atom is 0.328 e. The van der Waals surface area contributed by atoms with E-state index in [4.69, 9.17) is 5.73 Å². The molecule has 6 heteroatoms. The second kappa shape index (κ2) is 5.81. The minimum atomic E-state index is -0.623. The van der Waals surface area contributed by atoms with Gasteiger partial charge in [0.2, 0.25) is 0 Å². The summed E-state index contributed by atoms with van der Waals surface area (Å²) in [4.78, 5) is 37.3. The molecule has 0 saturated carbocycles. The van der Waals surface area contributed by atoms with Gasteiger partial charge in [-0.3, -0.25) is 14.6 Å². The summed E-state index contributed by atoms with van der Waals surface area (Å²) in [6, 6.07) is 0. The Morgan fingerprint density at radius 3 is 2.43 bits per heavy atom. The fourth-order valence-corrected chi connectivity index (χ4v) is 2.32. The van der Waals surface area contributed by atoms with Crippen LogP contribution in [-0.2, 0) is 11.8 Å². The van der Waals surface area contributed by atoms with Gasteiger partial charge in [-0.25, -0.2) is 4.79 Å². The Morgan fingerprint density at radius 2 is 1.90 bits per heavy atom. The Hall–Kier alpha value is -1.95. The molecule has 0 amide bonds. The number of allylic oxidation sites excluding steroid dienone is 1. The molecule has 6 nitrogen and oxygen atoms in total. The molecule has 0 atom stereocenters. The summed E-state index contributed by atoms with van der Waals surface area (Å²) in [7, 11) is 1.53. The van der Waals surface area contributed by atoms with E-state index in [0.29, 0.717) is 6.42 Å². The summed E-state index contributed by atoms with van der Waals surface area (Å²) in [6.45, 7) is 7.37. The number of H-pyrrole nitrogens is 1. The number of ketones is 1. The highest BCUT2D eigenvalue weighted by Gasteiger charge is 2.31. The molecule has 0 aromatic carbocycles. The number of aromatic nitrogens is 2. The van der Waals surface area contributed by atoms with Crippen LogP contribution in [0.1, 0.15) is 39.7 Å². The predicted octanol–water partition coefficient (Wildman–Crippen LogP) is 0.810. The van der Waals surface area contributed by atoms with Crippen LogP contribution in [0.4, 0.5) is 0 Å². The first-order valence-corrected chi connectivity index (χ1v) is 6.74. The predicted molar refractivity (Wildman–Crippen MR) is 83.0 cm³/mol. The normalized spacial score (nSPS) is 12.9. The summed E-state index contributed by atoms with van der Waals surface area (Å²) < 4.78 is 1.25. The monoisotopic (exact) mass is 293 g/mol. The standard InChI is InChI=1S/C15H23N3O3/c1-14(2,9-15(3,4)16)11(19)7-6-10-8-18(5)13(21)17-12(10)20/h6-8H,9,16H2,1-5H3,(H,17,20,21)/b7-6+. The third kappa shape index (κ3) is 4.82. The molecule has 1 heterocycles. The third-order valence-corrected chi connectivity index (χ3v) is 3.11. The van der Waals surface area contributed by atoms with Crippen LogP contribution in [0.15, 0.2) is 21.9 Å². The van der Waals surface area contributed by atoms with Crippen molar-refractivity contribution in [3.8, 4) is 0 Å². The largest absolute Gasteiger partial charge is 0.328 e. The van der Waals surface area contributed by atoms with Crippen LogP contribution in [0.2, 0.25) is 0 Å². The second-order valence-corrected chi connectivity index (χ2v) is 6.70. The molecule has 1 aromatic rings. The van der Waals surface area contributed by atoms with E-state index < -0.39 is 22.2 Å². The topological polar surface area (TPSA) is 97.9 Å². The zero-order chi connectivity index (χ0) is 16.4. The fraction of sp³-hybridized carbons (Fsp3) is 0.533. The van der Waals surface area contributed by atoms with Crippen LogP contribution in [0.3, 0.4) is 0 Å². The summed E-state index contributed by atoms with van der Waals surface area (Å²) in [5.41, 5.74) is 4.13. The third-order valence-electron chi connectivity index (χ3n) is 3.11. The van der Waals surface area contributed by atoms with Crippen LogP contribution in [0.25, 0.3) is 6.08 Å². The summed E-state index contributed by atoms with van der Waals surface area (Å²) >= 11 is 0. The van der Waals surface area contributed by atoms with Gasteiger partial charge in [0.05, 0.1) is 5.56 Å². The number of nitrogens with zero attached hydrogens (tertiary/aromatic N) is 1. The highest BCUT2D eigenvalue weighted by molar-refractivity contribution is 5.97. The van der Waals surface area contributed by atoms with E-state index in [1.54, 1.807) is 0 Å². The number of hydrogen-bond donors (Lipinski definition) is 2. The SMILES string of the molecule is Cn1cc(/C=C/C(=O)C(C)(C)CC(C)(C)N)c(=O)[nH]c1=O. The van der Waals surface area contributed by atoms with E-state index in [2.05, 4.69) is 4.98 Å². The lowest BCUT2D eigenvalue weighted by atomic mass is 9.77. The second-order valence-electron chi connectivity index (χ2n) is 6.70. The van der Waals surface area contributed by atoms with E-state index >= 15 is 0 Å². The molecule has 0 spiro atoms. The Kier molecular flexibility index (Phi) is 4.73. The molecular weight excluding hydrogens is 270 g/mol. The maximum absolute atomic E-state index is 12.3. The quantitative estimate of drug-likeness (QED) is 0.785. The van der Waals surface area contributed by atoms with Crippen molar-refractivity contribution in [3.63, 3.8) is 0 Å². The molecule has 116 valence electrons. The Balaban J connectivity index is 3.00. The molecule has 0 aliphatic carbocycles. The van der Waals surface area contributed by atoms with Crippen molar-refractivity contribution in [1.82, 2.24) is 9.55 Å². The van der Waals surface area contributed by atoms with Crippen LogP contribution in [0.5, 0.6) is 0 Å². The molecule has 21 heavy (non-hydrogen) atoms. The van der Waals surface area contributed by atoms with Crippen LogP contribution < -0.4 is 17.0 Å². The first kappa shape index (κ1) is 17.1. The molecule has 0 fully saturated rings. The average Bonchev–Trinajstić information content (AvgIpc) is 2.28. The zero-order valence-electron chi connectivity index (χ0n) is 13.2. The number of aryl methyl sites for hydroxylation is 1. The number of rotatable bonds is 5. The van der Waals surface area contributed by atoms with E-state index in [9.17, 15) is 14.4 Å². The van der Waals surface area contributed by atoms with E-state index in [1.807, 2.05) is 27.7 Å². The number of nitrogens with one attached hydrogen (secondary N) is 1. The van der Waals surface area contributed by atoms with Gasteiger partial charge in [-0.1, -0.05) is 13.8 Å². The number of carbonyl (C=O) groups excluding carboxylic acids is 1. The molecule has 1 rings (SSSR count). The van der Waals surface area contributed by atoms with Crippen molar-refractivity contribution in [3.05, 3.63) is 38.7 Å². The Labute approximate surface area is 123 Å². The first-order valence-electron chi connectivity index (χ1n) is 6.74. The molecule has 3 N–H and O–H groups in total. The molecule has 0 unspecified atom stereocenters. The summed E-state index contributed by atoms with van der Waals surface area (Å²) in [5, 5.41) is 0. The molecule has 1 aromatic heterocycles.